The molecule has 1 unspecified atom stereocenters. The fourth-order valence-electron chi connectivity index (χ4n) is 1.26. The zero-order valence-corrected chi connectivity index (χ0v) is 9.40. The summed E-state index contributed by atoms with van der Waals surface area (Å²) in [5.41, 5.74) is 0.903. The summed E-state index contributed by atoms with van der Waals surface area (Å²) in [6, 6.07) is 3.18. The molecule has 0 aliphatic heterocycles. The van der Waals surface area contributed by atoms with E-state index in [1.165, 1.54) is 6.07 Å². The molecule has 0 aliphatic rings. The van der Waals surface area contributed by atoms with Crippen LogP contribution in [0.2, 0.25) is 0 Å². The summed E-state index contributed by atoms with van der Waals surface area (Å²) in [5.74, 6) is -0.653. The van der Waals surface area contributed by atoms with E-state index in [1.807, 2.05) is 0 Å². The highest BCUT2D eigenvalue weighted by Crippen LogP contribution is 2.13. The minimum absolute atomic E-state index is 0.149. The summed E-state index contributed by atoms with van der Waals surface area (Å²) in [6.07, 6.45) is 0.139. The maximum absolute atomic E-state index is 10.9. The second-order valence-corrected chi connectivity index (χ2v) is 3.72. The fraction of sp³-hybridized carbons (Fsp3) is 0.455. The fourth-order valence-corrected chi connectivity index (χ4v) is 1.26. The summed E-state index contributed by atoms with van der Waals surface area (Å²) >= 11 is 0. The molecule has 88 valence electrons. The van der Waals surface area contributed by atoms with Gasteiger partial charge in [0.2, 0.25) is 0 Å². The molecule has 1 atom stereocenters. The first-order chi connectivity index (χ1) is 7.50. The molecule has 16 heavy (non-hydrogen) atoms. The first kappa shape index (κ1) is 12.4. The van der Waals surface area contributed by atoms with Crippen molar-refractivity contribution in [2.45, 2.75) is 26.4 Å². The molecular weight excluding hydrogens is 208 g/mol. The van der Waals surface area contributed by atoms with Crippen LogP contribution < -0.4 is 5.32 Å². The molecule has 0 radical (unpaired) electrons. The molecule has 1 heterocycles. The topological polar surface area (TPSA) is 82.5 Å². The number of nitrogens with zero attached hydrogens (tertiary/aromatic N) is 1. The molecule has 1 aromatic heterocycles. The van der Waals surface area contributed by atoms with Crippen molar-refractivity contribution in [3.63, 3.8) is 0 Å². The zero-order valence-electron chi connectivity index (χ0n) is 9.40. The molecule has 5 heteroatoms. The predicted octanol–water partition coefficient (Wildman–Crippen LogP) is 1.27. The second-order valence-electron chi connectivity index (χ2n) is 3.72. The standard InChI is InChI=1S/C11H16N2O3/c1-7-3-4-9(11(15)16)10(13-7)12-6-5-8(2)14/h3-4,8,14H,5-6H2,1-2H3,(H,12,13)(H,15,16). The predicted molar refractivity (Wildman–Crippen MR) is 60.7 cm³/mol. The Morgan fingerprint density at radius 3 is 2.81 bits per heavy atom. The first-order valence-electron chi connectivity index (χ1n) is 5.13. The normalized spacial score (nSPS) is 12.2. The number of pyridine rings is 1. The van der Waals surface area contributed by atoms with Gasteiger partial charge in [-0.15, -0.1) is 0 Å². The monoisotopic (exact) mass is 224 g/mol. The quantitative estimate of drug-likeness (QED) is 0.701. The van der Waals surface area contributed by atoms with Gasteiger partial charge in [-0.3, -0.25) is 0 Å². The van der Waals surface area contributed by atoms with Crippen molar-refractivity contribution in [2.75, 3.05) is 11.9 Å². The van der Waals surface area contributed by atoms with E-state index in [4.69, 9.17) is 10.2 Å². The Kier molecular flexibility index (Phi) is 4.25. The Hall–Kier alpha value is -1.62. The lowest BCUT2D eigenvalue weighted by Crippen LogP contribution is -2.13. The number of aliphatic hydroxyl groups is 1. The number of carbonyl (C=O) groups is 1. The number of hydrogen-bond acceptors (Lipinski definition) is 4. The Bertz CT molecular complexity index is 377. The lowest BCUT2D eigenvalue weighted by atomic mass is 10.2. The third-order valence-electron chi connectivity index (χ3n) is 2.12. The Labute approximate surface area is 94.1 Å². The Morgan fingerprint density at radius 2 is 2.25 bits per heavy atom. The molecule has 0 saturated heterocycles. The van der Waals surface area contributed by atoms with Gasteiger partial charge in [0.25, 0.3) is 0 Å². The van der Waals surface area contributed by atoms with E-state index < -0.39 is 12.1 Å². The highest BCUT2D eigenvalue weighted by molar-refractivity contribution is 5.93. The molecule has 0 aromatic carbocycles. The van der Waals surface area contributed by atoms with Crippen LogP contribution in [0.1, 0.15) is 29.4 Å². The molecule has 1 rings (SSSR count). The van der Waals surface area contributed by atoms with Crippen LogP contribution in [0.3, 0.4) is 0 Å². The molecule has 5 nitrogen and oxygen atoms in total. The van der Waals surface area contributed by atoms with Gasteiger partial charge in [0.05, 0.1) is 6.10 Å². The van der Waals surface area contributed by atoms with Gasteiger partial charge in [-0.25, -0.2) is 9.78 Å². The lowest BCUT2D eigenvalue weighted by molar-refractivity contribution is 0.0697. The number of aromatic nitrogens is 1. The van der Waals surface area contributed by atoms with Gasteiger partial charge in [-0.05, 0) is 32.4 Å². The largest absolute Gasteiger partial charge is 0.478 e. The smallest absolute Gasteiger partial charge is 0.339 e. The summed E-state index contributed by atoms with van der Waals surface area (Å²) < 4.78 is 0. The number of carboxylic acid groups (broad SMARTS) is 1. The average Bonchev–Trinajstić information content (AvgIpc) is 2.16. The molecular formula is C11H16N2O3. The van der Waals surface area contributed by atoms with Crippen molar-refractivity contribution < 1.29 is 15.0 Å². The van der Waals surface area contributed by atoms with Crippen LogP contribution in [-0.4, -0.2) is 33.8 Å². The van der Waals surface area contributed by atoms with Gasteiger partial charge in [0.1, 0.15) is 11.4 Å². The minimum Gasteiger partial charge on any atom is -0.478 e. The maximum atomic E-state index is 10.9. The number of anilines is 1. The summed E-state index contributed by atoms with van der Waals surface area (Å²) in [4.78, 5) is 15.0. The SMILES string of the molecule is Cc1ccc(C(=O)O)c(NCCC(C)O)n1. The van der Waals surface area contributed by atoms with Crippen molar-refractivity contribution >= 4 is 11.8 Å². The van der Waals surface area contributed by atoms with E-state index in [0.717, 1.165) is 5.69 Å². The molecule has 0 saturated carbocycles. The number of aryl methyl sites for hydroxylation is 1. The van der Waals surface area contributed by atoms with Crippen LogP contribution in [0.5, 0.6) is 0 Å². The highest BCUT2D eigenvalue weighted by atomic mass is 16.4. The summed E-state index contributed by atoms with van der Waals surface area (Å²) in [5, 5.41) is 20.9. The van der Waals surface area contributed by atoms with Crippen LogP contribution in [0.4, 0.5) is 5.82 Å². The number of aromatic carboxylic acids is 1. The Balaban J connectivity index is 2.76. The van der Waals surface area contributed by atoms with Gasteiger partial charge >= 0.3 is 5.97 Å². The van der Waals surface area contributed by atoms with Crippen molar-refractivity contribution in [1.29, 1.82) is 0 Å². The third-order valence-corrected chi connectivity index (χ3v) is 2.12. The van der Waals surface area contributed by atoms with E-state index in [1.54, 1.807) is 19.9 Å². The van der Waals surface area contributed by atoms with Crippen molar-refractivity contribution in [3.8, 4) is 0 Å². The number of rotatable bonds is 5. The van der Waals surface area contributed by atoms with Gasteiger partial charge in [-0.2, -0.15) is 0 Å². The van der Waals surface area contributed by atoms with Crippen LogP contribution in [0.15, 0.2) is 12.1 Å². The maximum Gasteiger partial charge on any atom is 0.339 e. The van der Waals surface area contributed by atoms with Crippen LogP contribution in [0, 0.1) is 6.92 Å². The number of carboxylic acids is 1. The van der Waals surface area contributed by atoms with Crippen molar-refractivity contribution in [3.05, 3.63) is 23.4 Å². The molecule has 1 aromatic rings. The third kappa shape index (κ3) is 3.51. The van der Waals surface area contributed by atoms with Gasteiger partial charge in [0, 0.05) is 12.2 Å². The summed E-state index contributed by atoms with van der Waals surface area (Å²) in [6.45, 7) is 3.98. The molecule has 0 aliphatic carbocycles. The van der Waals surface area contributed by atoms with E-state index in [-0.39, 0.29) is 5.56 Å². The van der Waals surface area contributed by atoms with Crippen molar-refractivity contribution in [2.24, 2.45) is 0 Å². The van der Waals surface area contributed by atoms with Crippen LogP contribution in [-0.2, 0) is 0 Å². The summed E-state index contributed by atoms with van der Waals surface area (Å²) in [7, 11) is 0. The highest BCUT2D eigenvalue weighted by Gasteiger charge is 2.11. The van der Waals surface area contributed by atoms with Crippen molar-refractivity contribution in [1.82, 2.24) is 4.98 Å². The molecule has 0 amide bonds. The minimum atomic E-state index is -1.01. The number of aliphatic hydroxyl groups excluding tert-OH is 1. The van der Waals surface area contributed by atoms with E-state index in [2.05, 4.69) is 10.3 Å². The first-order valence-corrected chi connectivity index (χ1v) is 5.13. The number of nitrogens with one attached hydrogen (secondary N) is 1. The van der Waals surface area contributed by atoms with E-state index in [0.29, 0.717) is 18.8 Å². The van der Waals surface area contributed by atoms with Crippen LogP contribution in [0.25, 0.3) is 0 Å². The zero-order chi connectivity index (χ0) is 12.1. The average molecular weight is 224 g/mol. The van der Waals surface area contributed by atoms with Gasteiger partial charge in [-0.1, -0.05) is 0 Å². The number of hydrogen-bond donors (Lipinski definition) is 3. The molecule has 0 spiro atoms. The lowest BCUT2D eigenvalue weighted by Gasteiger charge is -2.10. The van der Waals surface area contributed by atoms with E-state index in [9.17, 15) is 4.79 Å². The molecule has 0 bridgehead atoms. The van der Waals surface area contributed by atoms with E-state index >= 15 is 0 Å². The molecule has 0 fully saturated rings. The van der Waals surface area contributed by atoms with Crippen LogP contribution >= 0.6 is 0 Å². The second kappa shape index (κ2) is 5.46. The Morgan fingerprint density at radius 1 is 1.56 bits per heavy atom. The van der Waals surface area contributed by atoms with Gasteiger partial charge in [0.15, 0.2) is 0 Å². The van der Waals surface area contributed by atoms with Gasteiger partial charge < -0.3 is 15.5 Å². The molecule has 3 N–H and O–H groups in total.